The molecule has 0 unspecified atom stereocenters. The van der Waals surface area contributed by atoms with E-state index in [4.69, 9.17) is 23.2 Å². The maximum Gasteiger partial charge on any atom is 0.318 e. The highest BCUT2D eigenvalue weighted by atomic mass is 35.5. The van der Waals surface area contributed by atoms with E-state index >= 15 is 0 Å². The zero-order valence-electron chi connectivity index (χ0n) is 18.6. The van der Waals surface area contributed by atoms with Gasteiger partial charge in [0, 0.05) is 42.8 Å². The highest BCUT2D eigenvalue weighted by Gasteiger charge is 2.34. The van der Waals surface area contributed by atoms with Crippen LogP contribution in [0, 0.1) is 0 Å². The summed E-state index contributed by atoms with van der Waals surface area (Å²) >= 11 is 12.3. The normalized spacial score (nSPS) is 13.2. The quantitative estimate of drug-likeness (QED) is 0.434. The Balaban J connectivity index is 1.52. The first-order chi connectivity index (χ1) is 16.0. The molecule has 3 aromatic rings. The number of H-pyrrole nitrogens is 1. The van der Waals surface area contributed by atoms with Crippen LogP contribution in [0.25, 0.3) is 10.9 Å². The van der Waals surface area contributed by atoms with Crippen molar-refractivity contribution in [2.75, 3.05) is 19.6 Å². The van der Waals surface area contributed by atoms with Crippen LogP contribution in [-0.4, -0.2) is 52.4 Å². The third-order valence-corrected chi connectivity index (χ3v) is 6.66. The van der Waals surface area contributed by atoms with Gasteiger partial charge in [0.1, 0.15) is 6.54 Å². The fraction of sp³-hybridized carbons (Fsp3) is 0.360. The monoisotopic (exact) mass is 486 g/mol. The van der Waals surface area contributed by atoms with Crippen LogP contribution in [0.1, 0.15) is 30.9 Å². The summed E-state index contributed by atoms with van der Waals surface area (Å²) in [5.74, 6) is -0.0842. The number of nitrogens with one attached hydrogen (secondary N) is 2. The fourth-order valence-electron chi connectivity index (χ4n) is 4.00. The first-order valence-corrected chi connectivity index (χ1v) is 12.0. The first kappa shape index (κ1) is 23.5. The van der Waals surface area contributed by atoms with Gasteiger partial charge in [0.05, 0.1) is 10.0 Å². The molecule has 0 spiro atoms. The lowest BCUT2D eigenvalue weighted by atomic mass is 10.1. The molecular weight excluding hydrogens is 459 g/mol. The van der Waals surface area contributed by atoms with Crippen LogP contribution in [0.2, 0.25) is 10.0 Å². The Morgan fingerprint density at radius 1 is 1.12 bits per heavy atom. The number of carbonyl (C=O) groups excluding carboxylic acids is 2. The van der Waals surface area contributed by atoms with E-state index in [-0.39, 0.29) is 24.5 Å². The summed E-state index contributed by atoms with van der Waals surface area (Å²) < 4.78 is 0. The Morgan fingerprint density at radius 2 is 1.91 bits per heavy atom. The first-order valence-electron chi connectivity index (χ1n) is 11.3. The van der Waals surface area contributed by atoms with Crippen molar-refractivity contribution in [3.8, 4) is 0 Å². The van der Waals surface area contributed by atoms with Crippen LogP contribution < -0.4 is 5.32 Å². The Labute approximate surface area is 203 Å². The van der Waals surface area contributed by atoms with Gasteiger partial charge in [0.15, 0.2) is 0 Å². The molecule has 0 radical (unpaired) electrons. The molecule has 4 rings (SSSR count). The summed E-state index contributed by atoms with van der Waals surface area (Å²) in [7, 11) is 0. The van der Waals surface area contributed by atoms with Gasteiger partial charge in [-0.25, -0.2) is 4.79 Å². The van der Waals surface area contributed by atoms with Crippen LogP contribution >= 0.6 is 23.2 Å². The molecule has 2 aromatic carbocycles. The van der Waals surface area contributed by atoms with Gasteiger partial charge < -0.3 is 20.1 Å². The number of aromatic nitrogens is 1. The van der Waals surface area contributed by atoms with Gasteiger partial charge >= 0.3 is 6.03 Å². The van der Waals surface area contributed by atoms with Crippen molar-refractivity contribution in [2.24, 2.45) is 0 Å². The molecule has 0 atom stereocenters. The van der Waals surface area contributed by atoms with Gasteiger partial charge in [0.25, 0.3) is 0 Å². The van der Waals surface area contributed by atoms with E-state index in [0.717, 1.165) is 34.9 Å². The van der Waals surface area contributed by atoms with Crippen LogP contribution in [0.5, 0.6) is 0 Å². The number of hydrogen-bond donors (Lipinski definition) is 2. The molecule has 0 bridgehead atoms. The lowest BCUT2D eigenvalue weighted by Crippen LogP contribution is -2.48. The number of rotatable bonds is 9. The smallest absolute Gasteiger partial charge is 0.318 e. The second-order valence-electron chi connectivity index (χ2n) is 8.37. The van der Waals surface area contributed by atoms with E-state index in [1.807, 2.05) is 37.4 Å². The number of carbonyl (C=O) groups is 2. The number of nitrogens with zero attached hydrogens (tertiary/aromatic N) is 2. The summed E-state index contributed by atoms with van der Waals surface area (Å²) in [5, 5.41) is 4.92. The Morgan fingerprint density at radius 3 is 2.64 bits per heavy atom. The largest absolute Gasteiger partial charge is 0.361 e. The van der Waals surface area contributed by atoms with Crippen LogP contribution in [-0.2, 0) is 17.8 Å². The summed E-state index contributed by atoms with van der Waals surface area (Å²) in [4.78, 5) is 32.7. The average molecular weight is 487 g/mol. The van der Waals surface area contributed by atoms with Gasteiger partial charge in [-0.1, -0.05) is 47.5 Å². The third-order valence-electron chi connectivity index (χ3n) is 5.92. The Hall–Kier alpha value is -2.70. The molecule has 2 N–H and O–H groups in total. The highest BCUT2D eigenvalue weighted by Crippen LogP contribution is 2.27. The minimum absolute atomic E-state index is 0.0612. The molecule has 174 valence electrons. The van der Waals surface area contributed by atoms with Crippen molar-refractivity contribution in [3.63, 3.8) is 0 Å². The lowest BCUT2D eigenvalue weighted by Gasteiger charge is -2.28. The molecule has 1 aromatic heterocycles. The van der Waals surface area contributed by atoms with E-state index in [2.05, 4.69) is 16.4 Å². The molecular formula is C25H28Cl2N4O2. The van der Waals surface area contributed by atoms with Crippen molar-refractivity contribution in [1.82, 2.24) is 20.1 Å². The highest BCUT2D eigenvalue weighted by molar-refractivity contribution is 6.42. The number of amides is 3. The Bertz CT molecular complexity index is 1140. The molecule has 6 nitrogen and oxygen atoms in total. The minimum Gasteiger partial charge on any atom is -0.361 e. The van der Waals surface area contributed by atoms with Crippen LogP contribution in [0.15, 0.2) is 48.7 Å². The van der Waals surface area contributed by atoms with Gasteiger partial charge in [-0.05, 0) is 55.5 Å². The number of urea groups is 1. The number of aromatic amines is 1. The molecule has 1 fully saturated rings. The van der Waals surface area contributed by atoms with Crippen molar-refractivity contribution >= 4 is 46.0 Å². The molecule has 33 heavy (non-hydrogen) atoms. The number of benzene rings is 2. The number of fused-ring (bicyclic) bond motifs is 1. The second-order valence-corrected chi connectivity index (χ2v) is 9.18. The minimum atomic E-state index is -0.181. The van der Waals surface area contributed by atoms with Gasteiger partial charge in [-0.3, -0.25) is 4.79 Å². The van der Waals surface area contributed by atoms with Crippen molar-refractivity contribution in [2.45, 2.75) is 38.8 Å². The molecule has 1 saturated carbocycles. The zero-order chi connectivity index (χ0) is 23.4. The SMILES string of the molecule is CCNC(=O)N(CC(=O)N(CCc1c[nH]c2ccccc12)Cc1ccc(Cl)c(Cl)c1)C1CC1. The Kier molecular flexibility index (Phi) is 7.46. The number of hydrogen-bond acceptors (Lipinski definition) is 2. The van der Waals surface area contributed by atoms with E-state index in [1.54, 1.807) is 21.9 Å². The van der Waals surface area contributed by atoms with Crippen molar-refractivity contribution in [1.29, 1.82) is 0 Å². The van der Waals surface area contributed by atoms with Crippen molar-refractivity contribution in [3.05, 3.63) is 69.8 Å². The van der Waals surface area contributed by atoms with Gasteiger partial charge in [-0.2, -0.15) is 0 Å². The number of para-hydroxylation sites is 1. The molecule has 0 saturated heterocycles. The molecule has 8 heteroatoms. The predicted molar refractivity (Wildman–Crippen MR) is 133 cm³/mol. The summed E-state index contributed by atoms with van der Waals surface area (Å²) in [5.41, 5.74) is 3.12. The van der Waals surface area contributed by atoms with Gasteiger partial charge in [0.2, 0.25) is 5.91 Å². The van der Waals surface area contributed by atoms with Crippen LogP contribution in [0.3, 0.4) is 0 Å². The molecule has 1 aliphatic rings. The summed E-state index contributed by atoms with van der Waals surface area (Å²) in [6.45, 7) is 3.39. The zero-order valence-corrected chi connectivity index (χ0v) is 20.1. The van der Waals surface area contributed by atoms with E-state index in [1.165, 1.54) is 0 Å². The maximum atomic E-state index is 13.4. The van der Waals surface area contributed by atoms with E-state index < -0.39 is 0 Å². The second kappa shape index (κ2) is 10.5. The topological polar surface area (TPSA) is 68.4 Å². The van der Waals surface area contributed by atoms with Crippen molar-refractivity contribution < 1.29 is 9.59 Å². The predicted octanol–water partition coefficient (Wildman–Crippen LogP) is 5.24. The standard InChI is InChI=1S/C25H28Cl2N4O2/c1-2-28-25(33)31(19-8-9-19)16-24(32)30(15-17-7-10-21(26)22(27)13-17)12-11-18-14-29-23-6-4-3-5-20(18)23/h3-7,10,13-14,19,29H,2,8-9,11-12,15-16H2,1H3,(H,28,33). The third kappa shape index (κ3) is 5.81. The fourth-order valence-corrected chi connectivity index (χ4v) is 4.32. The molecule has 3 amide bonds. The molecule has 1 aliphatic carbocycles. The maximum absolute atomic E-state index is 13.4. The summed E-state index contributed by atoms with van der Waals surface area (Å²) in [6, 6.07) is 13.5. The molecule has 1 heterocycles. The molecule has 0 aliphatic heterocycles. The van der Waals surface area contributed by atoms with E-state index in [9.17, 15) is 9.59 Å². The van der Waals surface area contributed by atoms with E-state index in [0.29, 0.717) is 36.1 Å². The number of halogens is 2. The lowest BCUT2D eigenvalue weighted by molar-refractivity contribution is -0.132. The summed E-state index contributed by atoms with van der Waals surface area (Å²) in [6.07, 6.45) is 4.57. The van der Waals surface area contributed by atoms with Gasteiger partial charge in [-0.15, -0.1) is 0 Å². The van der Waals surface area contributed by atoms with Crippen LogP contribution in [0.4, 0.5) is 4.79 Å². The average Bonchev–Trinajstić information content (AvgIpc) is 3.57.